The van der Waals surface area contributed by atoms with Gasteiger partial charge in [0.15, 0.2) is 0 Å². The van der Waals surface area contributed by atoms with Gasteiger partial charge in [-0.3, -0.25) is 0 Å². The van der Waals surface area contributed by atoms with E-state index in [1.807, 2.05) is 12.1 Å². The van der Waals surface area contributed by atoms with Gasteiger partial charge in [-0.25, -0.2) is 0 Å². The van der Waals surface area contributed by atoms with Crippen LogP contribution < -0.4 is 5.32 Å². The summed E-state index contributed by atoms with van der Waals surface area (Å²) in [5.74, 6) is 1.75. The first kappa shape index (κ1) is 9.44. The van der Waals surface area contributed by atoms with Crippen LogP contribution in [0.2, 0.25) is 0 Å². The molecule has 1 aromatic rings. The summed E-state index contributed by atoms with van der Waals surface area (Å²) in [5.41, 5.74) is 0. The van der Waals surface area contributed by atoms with Crippen LogP contribution in [0.1, 0.15) is 32.6 Å². The first-order valence-corrected chi connectivity index (χ1v) is 5.39. The van der Waals surface area contributed by atoms with Gasteiger partial charge in [0.25, 0.3) is 0 Å². The van der Waals surface area contributed by atoms with Crippen molar-refractivity contribution in [2.45, 2.75) is 38.6 Å². The predicted octanol–water partition coefficient (Wildman–Crippen LogP) is 2.47. The Kier molecular flexibility index (Phi) is 2.96. The van der Waals surface area contributed by atoms with E-state index < -0.39 is 0 Å². The van der Waals surface area contributed by atoms with E-state index in [1.165, 1.54) is 25.7 Å². The van der Waals surface area contributed by atoms with Crippen LogP contribution in [0.25, 0.3) is 0 Å². The first-order valence-electron chi connectivity index (χ1n) is 5.39. The van der Waals surface area contributed by atoms with Crippen molar-refractivity contribution < 1.29 is 0 Å². The fraction of sp³-hybridized carbons (Fsp3) is 0.636. The minimum Gasteiger partial charge on any atom is -0.366 e. The van der Waals surface area contributed by atoms with E-state index in [0.29, 0.717) is 6.04 Å². The Morgan fingerprint density at radius 2 is 2.36 bits per heavy atom. The number of nitrogens with one attached hydrogen (secondary N) is 1. The summed E-state index contributed by atoms with van der Waals surface area (Å²) < 4.78 is 0. The molecule has 0 aromatic carbocycles. The summed E-state index contributed by atoms with van der Waals surface area (Å²) >= 11 is 0. The Hall–Kier alpha value is -1.12. The highest BCUT2D eigenvalue weighted by atomic mass is 15.2. The summed E-state index contributed by atoms with van der Waals surface area (Å²) in [6, 6.07) is 4.49. The van der Waals surface area contributed by atoms with Crippen LogP contribution in [0.15, 0.2) is 18.3 Å². The number of rotatable bonds is 2. The SMILES string of the molecule is CC1CCCC(Nc2cccnn2)C1. The van der Waals surface area contributed by atoms with Gasteiger partial charge in [-0.2, -0.15) is 5.10 Å². The van der Waals surface area contributed by atoms with Gasteiger partial charge in [0.2, 0.25) is 0 Å². The zero-order valence-corrected chi connectivity index (χ0v) is 8.61. The lowest BCUT2D eigenvalue weighted by Gasteiger charge is -2.27. The van der Waals surface area contributed by atoms with Gasteiger partial charge in [-0.1, -0.05) is 19.8 Å². The molecule has 1 N–H and O–H groups in total. The van der Waals surface area contributed by atoms with E-state index in [2.05, 4.69) is 22.4 Å². The maximum Gasteiger partial charge on any atom is 0.148 e. The molecule has 0 spiro atoms. The van der Waals surface area contributed by atoms with Gasteiger partial charge in [0, 0.05) is 12.2 Å². The van der Waals surface area contributed by atoms with E-state index in [0.717, 1.165) is 11.7 Å². The smallest absolute Gasteiger partial charge is 0.148 e. The molecule has 0 radical (unpaired) electrons. The Morgan fingerprint density at radius 1 is 1.43 bits per heavy atom. The van der Waals surface area contributed by atoms with E-state index >= 15 is 0 Å². The highest BCUT2D eigenvalue weighted by Gasteiger charge is 2.18. The van der Waals surface area contributed by atoms with Crippen molar-refractivity contribution in [1.29, 1.82) is 0 Å². The molecular formula is C11H17N3. The molecule has 0 amide bonds. The highest BCUT2D eigenvalue weighted by molar-refractivity contribution is 5.32. The summed E-state index contributed by atoms with van der Waals surface area (Å²) in [6.07, 6.45) is 6.93. The molecule has 0 aliphatic heterocycles. The second kappa shape index (κ2) is 4.40. The molecule has 1 aliphatic carbocycles. The molecule has 2 rings (SSSR count). The largest absolute Gasteiger partial charge is 0.366 e. The number of nitrogens with zero attached hydrogens (tertiary/aromatic N) is 2. The maximum absolute atomic E-state index is 4.04. The average molecular weight is 191 g/mol. The molecule has 1 aliphatic rings. The third-order valence-electron chi connectivity index (χ3n) is 2.86. The molecule has 0 bridgehead atoms. The second-order valence-corrected chi connectivity index (χ2v) is 4.22. The van der Waals surface area contributed by atoms with E-state index in [-0.39, 0.29) is 0 Å². The van der Waals surface area contributed by atoms with Crippen molar-refractivity contribution in [3.8, 4) is 0 Å². The third-order valence-corrected chi connectivity index (χ3v) is 2.86. The molecule has 1 fully saturated rings. The van der Waals surface area contributed by atoms with Gasteiger partial charge in [0.05, 0.1) is 0 Å². The number of hydrogen-bond donors (Lipinski definition) is 1. The highest BCUT2D eigenvalue weighted by Crippen LogP contribution is 2.25. The monoisotopic (exact) mass is 191 g/mol. The first-order chi connectivity index (χ1) is 6.84. The minimum atomic E-state index is 0.593. The number of aromatic nitrogens is 2. The van der Waals surface area contributed by atoms with Crippen LogP contribution in [0.3, 0.4) is 0 Å². The summed E-state index contributed by atoms with van der Waals surface area (Å²) in [7, 11) is 0. The summed E-state index contributed by atoms with van der Waals surface area (Å²) in [6.45, 7) is 2.32. The molecular weight excluding hydrogens is 174 g/mol. The van der Waals surface area contributed by atoms with Gasteiger partial charge < -0.3 is 5.32 Å². The predicted molar refractivity (Wildman–Crippen MR) is 57.1 cm³/mol. The lowest BCUT2D eigenvalue weighted by atomic mass is 9.87. The Labute approximate surface area is 84.9 Å². The molecule has 14 heavy (non-hydrogen) atoms. The van der Waals surface area contributed by atoms with Crippen LogP contribution in [0.5, 0.6) is 0 Å². The third kappa shape index (κ3) is 2.44. The van der Waals surface area contributed by atoms with E-state index in [4.69, 9.17) is 0 Å². The zero-order valence-electron chi connectivity index (χ0n) is 8.61. The van der Waals surface area contributed by atoms with Gasteiger partial charge in [0.1, 0.15) is 5.82 Å². The van der Waals surface area contributed by atoms with Crippen molar-refractivity contribution >= 4 is 5.82 Å². The Morgan fingerprint density at radius 3 is 3.07 bits per heavy atom. The van der Waals surface area contributed by atoms with Crippen LogP contribution in [-0.4, -0.2) is 16.2 Å². The second-order valence-electron chi connectivity index (χ2n) is 4.22. The van der Waals surface area contributed by atoms with Gasteiger partial charge >= 0.3 is 0 Å². The van der Waals surface area contributed by atoms with Crippen molar-refractivity contribution in [2.24, 2.45) is 5.92 Å². The molecule has 1 aromatic heterocycles. The van der Waals surface area contributed by atoms with Crippen LogP contribution in [-0.2, 0) is 0 Å². The maximum atomic E-state index is 4.04. The topological polar surface area (TPSA) is 37.8 Å². The van der Waals surface area contributed by atoms with Gasteiger partial charge in [-0.15, -0.1) is 5.10 Å². The standard InChI is InChI=1S/C11H17N3/c1-9-4-2-5-10(8-9)13-11-6-3-7-12-14-11/h3,6-7,9-10H,2,4-5,8H2,1H3,(H,13,14). The Balaban J connectivity index is 1.91. The Bertz CT molecular complexity index is 273. The quantitative estimate of drug-likeness (QED) is 0.780. The van der Waals surface area contributed by atoms with E-state index in [1.54, 1.807) is 6.20 Å². The molecule has 3 nitrogen and oxygen atoms in total. The van der Waals surface area contributed by atoms with Crippen molar-refractivity contribution in [3.63, 3.8) is 0 Å². The number of hydrogen-bond acceptors (Lipinski definition) is 3. The molecule has 1 saturated carbocycles. The lowest BCUT2D eigenvalue weighted by Crippen LogP contribution is -2.26. The number of anilines is 1. The summed E-state index contributed by atoms with van der Waals surface area (Å²) in [4.78, 5) is 0. The van der Waals surface area contributed by atoms with Gasteiger partial charge in [-0.05, 0) is 30.9 Å². The fourth-order valence-electron chi connectivity index (χ4n) is 2.15. The minimum absolute atomic E-state index is 0.593. The molecule has 1 heterocycles. The molecule has 0 saturated heterocycles. The van der Waals surface area contributed by atoms with E-state index in [9.17, 15) is 0 Å². The van der Waals surface area contributed by atoms with Crippen molar-refractivity contribution in [2.75, 3.05) is 5.32 Å². The van der Waals surface area contributed by atoms with Crippen molar-refractivity contribution in [3.05, 3.63) is 18.3 Å². The normalized spacial score (nSPS) is 27.2. The van der Waals surface area contributed by atoms with Crippen LogP contribution in [0.4, 0.5) is 5.82 Å². The van der Waals surface area contributed by atoms with Crippen molar-refractivity contribution in [1.82, 2.24) is 10.2 Å². The molecule has 2 atom stereocenters. The van der Waals surface area contributed by atoms with Crippen LogP contribution in [0, 0.1) is 5.92 Å². The van der Waals surface area contributed by atoms with Crippen LogP contribution >= 0.6 is 0 Å². The average Bonchev–Trinajstić information content (AvgIpc) is 2.19. The zero-order chi connectivity index (χ0) is 9.80. The molecule has 76 valence electrons. The molecule has 2 unspecified atom stereocenters. The lowest BCUT2D eigenvalue weighted by molar-refractivity contribution is 0.358. The molecule has 3 heteroatoms. The summed E-state index contributed by atoms with van der Waals surface area (Å²) in [5, 5.41) is 11.3. The fourth-order valence-corrected chi connectivity index (χ4v) is 2.15.